The maximum Gasteiger partial charge on any atom is 0.259 e. The van der Waals surface area contributed by atoms with Crippen LogP contribution in [0.1, 0.15) is 15.9 Å². The van der Waals surface area contributed by atoms with E-state index in [-0.39, 0.29) is 17.1 Å². The van der Waals surface area contributed by atoms with Crippen LogP contribution < -0.4 is 10.7 Å². The number of nitrogens with one attached hydrogen (secondary N) is 2. The van der Waals surface area contributed by atoms with E-state index < -0.39 is 17.6 Å². The number of rotatable bonds is 5. The van der Waals surface area contributed by atoms with Crippen molar-refractivity contribution in [1.82, 2.24) is 10.7 Å². The molecule has 124 valence electrons. The number of carbonyl (C=O) groups is 2. The molecule has 0 unspecified atom stereocenters. The smallest absolute Gasteiger partial charge is 0.259 e. The predicted octanol–water partition coefficient (Wildman–Crippen LogP) is 3.01. The quantitative estimate of drug-likeness (QED) is 0.629. The monoisotopic (exact) mass is 367 g/mol. The van der Waals surface area contributed by atoms with Gasteiger partial charge in [0.15, 0.2) is 0 Å². The molecule has 0 heterocycles. The van der Waals surface area contributed by atoms with Crippen LogP contribution in [-0.4, -0.2) is 24.6 Å². The Morgan fingerprint density at radius 1 is 1.17 bits per heavy atom. The van der Waals surface area contributed by atoms with E-state index in [1.165, 1.54) is 42.6 Å². The fraction of sp³-hybridized carbons (Fsp3) is 0.0625. The molecule has 0 aromatic heterocycles. The molecule has 0 saturated carbocycles. The molecule has 0 radical (unpaired) electrons. The standard InChI is InChI=1S/C16H12Cl2FN3O2/c17-11-4-5-13(14(18)7-11)16(24)20-9-15(23)22-21-8-10-2-1-3-12(19)6-10/h1-8H,9H2,(H,20,24)(H,22,23)/b21-8-. The minimum absolute atomic E-state index is 0.185. The molecule has 0 fully saturated rings. The molecule has 0 aliphatic rings. The lowest BCUT2D eigenvalue weighted by atomic mass is 10.2. The van der Waals surface area contributed by atoms with Crippen LogP contribution in [0.2, 0.25) is 10.0 Å². The van der Waals surface area contributed by atoms with Gasteiger partial charge in [0.1, 0.15) is 5.82 Å². The summed E-state index contributed by atoms with van der Waals surface area (Å²) in [4.78, 5) is 23.5. The molecule has 0 spiro atoms. The van der Waals surface area contributed by atoms with Crippen LogP contribution in [0, 0.1) is 5.82 Å². The first-order valence-corrected chi connectivity index (χ1v) is 7.52. The van der Waals surface area contributed by atoms with Crippen molar-refractivity contribution in [2.75, 3.05) is 6.54 Å². The zero-order valence-corrected chi connectivity index (χ0v) is 13.7. The Morgan fingerprint density at radius 2 is 1.96 bits per heavy atom. The second-order valence-electron chi connectivity index (χ2n) is 4.66. The summed E-state index contributed by atoms with van der Waals surface area (Å²) in [5.74, 6) is -1.46. The Labute approximate surface area is 147 Å². The first kappa shape index (κ1) is 17.9. The lowest BCUT2D eigenvalue weighted by molar-refractivity contribution is -0.120. The first-order chi connectivity index (χ1) is 11.5. The molecule has 2 N–H and O–H groups in total. The largest absolute Gasteiger partial charge is 0.343 e. The van der Waals surface area contributed by atoms with Gasteiger partial charge in [-0.2, -0.15) is 5.10 Å². The zero-order chi connectivity index (χ0) is 17.5. The summed E-state index contributed by atoms with van der Waals surface area (Å²) >= 11 is 11.7. The lowest BCUT2D eigenvalue weighted by Gasteiger charge is -2.06. The number of hydrogen-bond acceptors (Lipinski definition) is 3. The van der Waals surface area contributed by atoms with Gasteiger partial charge in [-0.1, -0.05) is 35.3 Å². The average molecular weight is 368 g/mol. The van der Waals surface area contributed by atoms with Gasteiger partial charge < -0.3 is 5.32 Å². The molecule has 2 rings (SSSR count). The van der Waals surface area contributed by atoms with Crippen molar-refractivity contribution < 1.29 is 14.0 Å². The van der Waals surface area contributed by atoms with E-state index in [9.17, 15) is 14.0 Å². The minimum Gasteiger partial charge on any atom is -0.343 e. The minimum atomic E-state index is -0.541. The molecular formula is C16H12Cl2FN3O2. The highest BCUT2D eigenvalue weighted by Gasteiger charge is 2.11. The summed E-state index contributed by atoms with van der Waals surface area (Å²) in [7, 11) is 0. The van der Waals surface area contributed by atoms with Gasteiger partial charge in [-0.05, 0) is 35.9 Å². The highest BCUT2D eigenvalue weighted by molar-refractivity contribution is 6.36. The SMILES string of the molecule is O=C(CNC(=O)c1ccc(Cl)cc1Cl)N/N=C\c1cccc(F)c1. The molecule has 0 saturated heterocycles. The topological polar surface area (TPSA) is 70.6 Å². The van der Waals surface area contributed by atoms with E-state index >= 15 is 0 Å². The molecule has 0 atom stereocenters. The molecule has 5 nitrogen and oxygen atoms in total. The number of benzene rings is 2. The number of hydrogen-bond donors (Lipinski definition) is 2. The van der Waals surface area contributed by atoms with E-state index in [1.807, 2.05) is 0 Å². The van der Waals surface area contributed by atoms with Crippen molar-refractivity contribution in [1.29, 1.82) is 0 Å². The summed E-state index contributed by atoms with van der Waals surface area (Å²) < 4.78 is 13.0. The summed E-state index contributed by atoms with van der Waals surface area (Å²) in [6.07, 6.45) is 1.29. The first-order valence-electron chi connectivity index (χ1n) is 6.76. The number of hydrazone groups is 1. The van der Waals surface area contributed by atoms with Crippen molar-refractivity contribution >= 4 is 41.2 Å². The Bertz CT molecular complexity index is 797. The fourth-order valence-electron chi connectivity index (χ4n) is 1.73. The van der Waals surface area contributed by atoms with E-state index in [4.69, 9.17) is 23.2 Å². The summed E-state index contributed by atoms with van der Waals surface area (Å²) in [6.45, 7) is -0.293. The third-order valence-corrected chi connectivity index (χ3v) is 3.38. The summed E-state index contributed by atoms with van der Waals surface area (Å²) in [5.41, 5.74) is 2.92. The van der Waals surface area contributed by atoms with Gasteiger partial charge >= 0.3 is 0 Å². The number of nitrogens with zero attached hydrogens (tertiary/aromatic N) is 1. The van der Waals surface area contributed by atoms with E-state index in [0.29, 0.717) is 10.6 Å². The van der Waals surface area contributed by atoms with Gasteiger partial charge in [0.2, 0.25) is 0 Å². The van der Waals surface area contributed by atoms with E-state index in [1.54, 1.807) is 6.07 Å². The molecule has 2 aromatic rings. The van der Waals surface area contributed by atoms with Crippen LogP contribution in [0.15, 0.2) is 47.6 Å². The van der Waals surface area contributed by atoms with Crippen LogP contribution in [0.25, 0.3) is 0 Å². The van der Waals surface area contributed by atoms with Crippen molar-refractivity contribution in [3.05, 3.63) is 69.5 Å². The van der Waals surface area contributed by atoms with Gasteiger partial charge in [-0.3, -0.25) is 9.59 Å². The number of halogens is 3. The zero-order valence-electron chi connectivity index (χ0n) is 12.2. The normalized spacial score (nSPS) is 10.6. The Balaban J connectivity index is 1.83. The molecule has 2 amide bonds. The van der Waals surface area contributed by atoms with Gasteiger partial charge in [-0.15, -0.1) is 0 Å². The lowest BCUT2D eigenvalue weighted by Crippen LogP contribution is -2.35. The third kappa shape index (κ3) is 5.33. The molecule has 24 heavy (non-hydrogen) atoms. The Morgan fingerprint density at radius 3 is 2.67 bits per heavy atom. The fourth-order valence-corrected chi connectivity index (χ4v) is 2.23. The molecule has 0 aliphatic heterocycles. The Kier molecular flexibility index (Phi) is 6.28. The average Bonchev–Trinajstić information content (AvgIpc) is 2.53. The van der Waals surface area contributed by atoms with Crippen LogP contribution in [-0.2, 0) is 4.79 Å². The van der Waals surface area contributed by atoms with Crippen LogP contribution in [0.5, 0.6) is 0 Å². The molecule has 0 aliphatic carbocycles. The maximum absolute atomic E-state index is 13.0. The van der Waals surface area contributed by atoms with Crippen molar-refractivity contribution in [3.8, 4) is 0 Å². The van der Waals surface area contributed by atoms with Gasteiger partial charge in [0, 0.05) is 5.02 Å². The maximum atomic E-state index is 13.0. The van der Waals surface area contributed by atoms with Crippen LogP contribution in [0.4, 0.5) is 4.39 Å². The van der Waals surface area contributed by atoms with Crippen molar-refractivity contribution in [3.63, 3.8) is 0 Å². The second-order valence-corrected chi connectivity index (χ2v) is 5.50. The molecule has 2 aromatic carbocycles. The highest BCUT2D eigenvalue weighted by atomic mass is 35.5. The third-order valence-electron chi connectivity index (χ3n) is 2.84. The molecule has 8 heteroatoms. The van der Waals surface area contributed by atoms with E-state index in [0.717, 1.165) is 0 Å². The van der Waals surface area contributed by atoms with Gasteiger partial charge in [0.25, 0.3) is 11.8 Å². The van der Waals surface area contributed by atoms with Crippen LogP contribution in [0.3, 0.4) is 0 Å². The van der Waals surface area contributed by atoms with Gasteiger partial charge in [-0.25, -0.2) is 9.82 Å². The van der Waals surface area contributed by atoms with Crippen LogP contribution >= 0.6 is 23.2 Å². The van der Waals surface area contributed by atoms with Gasteiger partial charge in [0.05, 0.1) is 23.3 Å². The molecule has 0 bridgehead atoms. The number of amides is 2. The Hall–Kier alpha value is -2.44. The van der Waals surface area contributed by atoms with Crippen molar-refractivity contribution in [2.45, 2.75) is 0 Å². The predicted molar refractivity (Wildman–Crippen MR) is 90.9 cm³/mol. The highest BCUT2D eigenvalue weighted by Crippen LogP contribution is 2.20. The summed E-state index contributed by atoms with van der Waals surface area (Å²) in [6, 6.07) is 10.1. The van der Waals surface area contributed by atoms with Crippen molar-refractivity contribution in [2.24, 2.45) is 5.10 Å². The second kappa shape index (κ2) is 8.42. The molecular weight excluding hydrogens is 356 g/mol. The van der Waals surface area contributed by atoms with E-state index in [2.05, 4.69) is 15.8 Å². The number of carbonyl (C=O) groups excluding carboxylic acids is 2. The summed E-state index contributed by atoms with van der Waals surface area (Å²) in [5, 5.41) is 6.67.